The maximum absolute atomic E-state index is 14.9. The second-order valence-corrected chi connectivity index (χ2v) is 9.47. The van der Waals surface area contributed by atoms with E-state index in [1.807, 2.05) is 0 Å². The number of amides is 2. The van der Waals surface area contributed by atoms with Crippen LogP contribution in [0.1, 0.15) is 57.2 Å². The Morgan fingerprint density at radius 2 is 1.67 bits per heavy atom. The highest BCUT2D eigenvalue weighted by molar-refractivity contribution is 6.15. The maximum Gasteiger partial charge on any atom is 0.435 e. The van der Waals surface area contributed by atoms with Crippen LogP contribution >= 0.6 is 0 Å². The van der Waals surface area contributed by atoms with Gasteiger partial charge in [-0.15, -0.1) is 0 Å². The van der Waals surface area contributed by atoms with Crippen molar-refractivity contribution in [2.24, 2.45) is 11.5 Å². The molecule has 8 nitrogen and oxygen atoms in total. The molecule has 4 rings (SSSR count). The fourth-order valence-electron chi connectivity index (χ4n) is 4.40. The molecular weight excluding hydrogens is 516 g/mol. The summed E-state index contributed by atoms with van der Waals surface area (Å²) >= 11 is 0. The van der Waals surface area contributed by atoms with Crippen LogP contribution in [0.4, 0.5) is 17.6 Å². The lowest BCUT2D eigenvalue weighted by molar-refractivity contribution is -0.141. The third-order valence-corrected chi connectivity index (χ3v) is 6.45. The molecule has 0 atom stereocenters. The minimum Gasteiger partial charge on any atom is -0.366 e. The van der Waals surface area contributed by atoms with Gasteiger partial charge in [0, 0.05) is 22.2 Å². The number of nitriles is 1. The first kappa shape index (κ1) is 27.3. The van der Waals surface area contributed by atoms with E-state index in [-0.39, 0.29) is 17.8 Å². The Morgan fingerprint density at radius 1 is 1.03 bits per heavy atom. The van der Waals surface area contributed by atoms with E-state index in [1.165, 1.54) is 19.1 Å². The smallest absolute Gasteiger partial charge is 0.366 e. The molecule has 200 valence electrons. The summed E-state index contributed by atoms with van der Waals surface area (Å²) in [6.45, 7) is 4.64. The number of aromatic nitrogens is 3. The Labute approximate surface area is 219 Å². The number of rotatable bonds is 6. The van der Waals surface area contributed by atoms with E-state index in [1.54, 1.807) is 38.1 Å². The predicted molar refractivity (Wildman–Crippen MR) is 134 cm³/mol. The summed E-state index contributed by atoms with van der Waals surface area (Å²) in [7, 11) is 0. The lowest BCUT2D eigenvalue weighted by Gasteiger charge is -2.16. The Hall–Kier alpha value is -4.79. The summed E-state index contributed by atoms with van der Waals surface area (Å²) in [5.74, 6) is -3.49. The topological polar surface area (TPSA) is 141 Å². The van der Waals surface area contributed by atoms with E-state index in [0.717, 1.165) is 10.7 Å². The molecule has 0 radical (unpaired) electrons. The minimum absolute atomic E-state index is 0.0914. The summed E-state index contributed by atoms with van der Waals surface area (Å²) in [6, 6.07) is 12.4. The highest BCUT2D eigenvalue weighted by Gasteiger charge is 2.41. The van der Waals surface area contributed by atoms with E-state index in [2.05, 4.69) is 16.2 Å². The zero-order chi connectivity index (χ0) is 28.9. The van der Waals surface area contributed by atoms with Crippen molar-refractivity contribution in [1.82, 2.24) is 14.8 Å². The van der Waals surface area contributed by atoms with Crippen molar-refractivity contribution in [3.63, 3.8) is 0 Å². The number of carbonyl (C=O) groups is 2. The van der Waals surface area contributed by atoms with Gasteiger partial charge in [-0.3, -0.25) is 14.3 Å². The number of alkyl halides is 3. The lowest BCUT2D eigenvalue weighted by Crippen LogP contribution is -2.22. The van der Waals surface area contributed by atoms with Gasteiger partial charge >= 0.3 is 6.18 Å². The van der Waals surface area contributed by atoms with E-state index < -0.39 is 62.7 Å². The highest BCUT2D eigenvalue weighted by Crippen LogP contribution is 2.42. The average Bonchev–Trinajstić information content (AvgIpc) is 3.19. The van der Waals surface area contributed by atoms with Crippen LogP contribution in [0.2, 0.25) is 0 Å². The van der Waals surface area contributed by atoms with Crippen LogP contribution in [-0.4, -0.2) is 26.6 Å². The van der Waals surface area contributed by atoms with Crippen LogP contribution in [0.3, 0.4) is 0 Å². The molecule has 0 aliphatic rings. The van der Waals surface area contributed by atoms with Crippen molar-refractivity contribution in [2.45, 2.75) is 38.9 Å². The van der Waals surface area contributed by atoms with Crippen LogP contribution in [0, 0.1) is 24.1 Å². The molecule has 0 spiro atoms. The second kappa shape index (κ2) is 9.50. The van der Waals surface area contributed by atoms with Gasteiger partial charge in [0.15, 0.2) is 5.69 Å². The molecule has 2 aromatic carbocycles. The molecule has 2 aromatic heterocycles. The number of carbonyl (C=O) groups excluding carboxylic acids is 2. The highest BCUT2D eigenvalue weighted by atomic mass is 19.4. The van der Waals surface area contributed by atoms with Crippen LogP contribution in [0.15, 0.2) is 42.5 Å². The monoisotopic (exact) mass is 538 g/mol. The molecule has 0 saturated heterocycles. The number of benzene rings is 2. The average molecular weight is 539 g/mol. The summed E-state index contributed by atoms with van der Waals surface area (Å²) in [5.41, 5.74) is 7.16. The predicted octanol–water partition coefficient (Wildman–Crippen LogP) is 4.61. The van der Waals surface area contributed by atoms with Crippen molar-refractivity contribution < 1.29 is 27.2 Å². The molecular formula is C27H22F4N6O2. The molecule has 12 heteroatoms. The number of hydrogen-bond donors (Lipinski definition) is 2. The molecule has 39 heavy (non-hydrogen) atoms. The third-order valence-electron chi connectivity index (χ3n) is 6.45. The number of fused-ring (bicyclic) bond motifs is 1. The first-order valence-electron chi connectivity index (χ1n) is 11.5. The molecule has 0 aliphatic carbocycles. The van der Waals surface area contributed by atoms with Crippen molar-refractivity contribution in [3.8, 4) is 17.2 Å². The molecule has 4 N–H and O–H groups in total. The SMILES string of the molecule is Cc1c(-c2c(C(N)=O)nc3cccc(F)c3c2C(N)=O)c(C(F)(F)F)nn1Cc1ccc(C(C)(C)C#N)cc1. The van der Waals surface area contributed by atoms with Crippen LogP contribution in [0.25, 0.3) is 22.0 Å². The number of pyridine rings is 1. The largest absolute Gasteiger partial charge is 0.435 e. The standard InChI is InChI=1S/C27H22F4N6O2/c1-13-18(20-21(24(33)38)19-16(28)5-4-6-17(19)35-22(20)25(34)39)23(27(29,30)31)36-37(13)11-14-7-9-15(10-8-14)26(2,3)12-32/h4-10H,11H2,1-3H3,(H2,33,38)(H2,34,39). The first-order valence-corrected chi connectivity index (χ1v) is 11.5. The van der Waals surface area contributed by atoms with Crippen molar-refractivity contribution in [2.75, 3.05) is 0 Å². The van der Waals surface area contributed by atoms with Crippen molar-refractivity contribution in [1.29, 1.82) is 5.26 Å². The normalized spacial score (nSPS) is 11.9. The van der Waals surface area contributed by atoms with Gasteiger partial charge in [-0.2, -0.15) is 23.5 Å². The Bertz CT molecular complexity index is 1680. The van der Waals surface area contributed by atoms with Crippen LogP contribution in [-0.2, 0) is 18.1 Å². The summed E-state index contributed by atoms with van der Waals surface area (Å²) in [5, 5.41) is 12.7. The van der Waals surface area contributed by atoms with Gasteiger partial charge in [-0.05, 0) is 44.0 Å². The zero-order valence-electron chi connectivity index (χ0n) is 21.0. The van der Waals surface area contributed by atoms with E-state index in [4.69, 9.17) is 11.5 Å². The quantitative estimate of drug-likeness (QED) is 0.345. The fraction of sp³-hybridized carbons (Fsp3) is 0.222. The van der Waals surface area contributed by atoms with Crippen molar-refractivity contribution >= 4 is 22.7 Å². The number of primary amides is 2. The van der Waals surface area contributed by atoms with Gasteiger partial charge < -0.3 is 11.5 Å². The van der Waals surface area contributed by atoms with Gasteiger partial charge in [-0.25, -0.2) is 9.37 Å². The lowest BCUT2D eigenvalue weighted by atomic mass is 9.86. The summed E-state index contributed by atoms with van der Waals surface area (Å²) in [6.07, 6.45) is -5.04. The number of nitrogens with zero attached hydrogens (tertiary/aromatic N) is 4. The maximum atomic E-state index is 14.9. The van der Waals surface area contributed by atoms with Gasteiger partial charge in [0.05, 0.1) is 29.1 Å². The minimum atomic E-state index is -5.04. The van der Waals surface area contributed by atoms with Crippen LogP contribution in [0.5, 0.6) is 0 Å². The van der Waals surface area contributed by atoms with E-state index in [9.17, 15) is 32.4 Å². The number of halogens is 4. The molecule has 2 amide bonds. The van der Waals surface area contributed by atoms with Gasteiger partial charge in [0.1, 0.15) is 11.5 Å². The Morgan fingerprint density at radius 3 is 2.21 bits per heavy atom. The number of hydrogen-bond acceptors (Lipinski definition) is 5. The Balaban J connectivity index is 2.01. The number of nitrogens with two attached hydrogens (primary N) is 2. The summed E-state index contributed by atoms with van der Waals surface area (Å²) < 4.78 is 58.9. The third kappa shape index (κ3) is 4.79. The van der Waals surface area contributed by atoms with Crippen LogP contribution < -0.4 is 11.5 Å². The van der Waals surface area contributed by atoms with Gasteiger partial charge in [0.25, 0.3) is 5.91 Å². The van der Waals surface area contributed by atoms with E-state index in [0.29, 0.717) is 11.1 Å². The molecule has 0 fully saturated rings. The molecule has 4 aromatic rings. The molecule has 0 bridgehead atoms. The van der Waals surface area contributed by atoms with Gasteiger partial charge in [0.2, 0.25) is 5.91 Å². The summed E-state index contributed by atoms with van der Waals surface area (Å²) in [4.78, 5) is 29.0. The second-order valence-electron chi connectivity index (χ2n) is 9.47. The van der Waals surface area contributed by atoms with Gasteiger partial charge in [-0.1, -0.05) is 30.3 Å². The van der Waals surface area contributed by atoms with E-state index >= 15 is 0 Å². The van der Waals surface area contributed by atoms with Crippen molar-refractivity contribution in [3.05, 3.63) is 82.1 Å². The molecule has 0 saturated carbocycles. The molecule has 0 aliphatic heterocycles. The fourth-order valence-corrected chi connectivity index (χ4v) is 4.40. The Kier molecular flexibility index (Phi) is 6.64. The molecule has 2 heterocycles. The zero-order valence-corrected chi connectivity index (χ0v) is 21.0. The molecule has 0 unspecified atom stereocenters. The first-order chi connectivity index (χ1) is 18.2.